The highest BCUT2D eigenvalue weighted by atomic mass is 35.5. The third-order valence-corrected chi connectivity index (χ3v) is 4.29. The van der Waals surface area contributed by atoms with Crippen LogP contribution in [0.5, 0.6) is 0 Å². The van der Waals surface area contributed by atoms with Gasteiger partial charge < -0.3 is 11.1 Å². The van der Waals surface area contributed by atoms with Crippen molar-refractivity contribution in [2.75, 3.05) is 6.54 Å². The van der Waals surface area contributed by atoms with E-state index in [1.807, 2.05) is 26.0 Å². The van der Waals surface area contributed by atoms with E-state index in [4.69, 9.17) is 17.3 Å². The lowest BCUT2D eigenvalue weighted by Gasteiger charge is -2.25. The molecule has 3 N–H and O–H groups in total. The molecule has 0 fully saturated rings. The van der Waals surface area contributed by atoms with Crippen molar-refractivity contribution in [3.63, 3.8) is 0 Å². The van der Waals surface area contributed by atoms with E-state index >= 15 is 0 Å². The van der Waals surface area contributed by atoms with Gasteiger partial charge in [-0.2, -0.15) is 0 Å². The fourth-order valence-corrected chi connectivity index (χ4v) is 2.62. The van der Waals surface area contributed by atoms with Crippen LogP contribution in [-0.4, -0.2) is 18.0 Å². The summed E-state index contributed by atoms with van der Waals surface area (Å²) in [5, 5.41) is 2.88. The molecule has 1 aromatic heterocycles. The summed E-state index contributed by atoms with van der Waals surface area (Å²) < 4.78 is 0.779. The maximum atomic E-state index is 11.9. The van der Waals surface area contributed by atoms with Gasteiger partial charge >= 0.3 is 0 Å². The van der Waals surface area contributed by atoms with Gasteiger partial charge in [0.25, 0.3) is 0 Å². The van der Waals surface area contributed by atoms with Gasteiger partial charge in [0.15, 0.2) is 0 Å². The van der Waals surface area contributed by atoms with Crippen molar-refractivity contribution in [2.24, 2.45) is 5.73 Å². The average Bonchev–Trinajstić information content (AvgIpc) is 2.74. The molecular formula is C12H19ClN2OS. The minimum atomic E-state index is -0.729. The number of rotatable bonds is 6. The first-order chi connectivity index (χ1) is 8.01. The van der Waals surface area contributed by atoms with Gasteiger partial charge in [0.2, 0.25) is 5.91 Å². The molecular weight excluding hydrogens is 256 g/mol. The van der Waals surface area contributed by atoms with E-state index in [0.29, 0.717) is 19.4 Å². The topological polar surface area (TPSA) is 55.1 Å². The Morgan fingerprint density at radius 1 is 1.47 bits per heavy atom. The van der Waals surface area contributed by atoms with E-state index < -0.39 is 5.54 Å². The number of hydrogen-bond donors (Lipinski definition) is 2. The molecule has 0 aliphatic carbocycles. The Labute approximate surface area is 111 Å². The minimum Gasteiger partial charge on any atom is -0.354 e. The molecule has 0 atom stereocenters. The van der Waals surface area contributed by atoms with Crippen LogP contribution in [0.4, 0.5) is 0 Å². The van der Waals surface area contributed by atoms with Gasteiger partial charge in [-0.05, 0) is 31.4 Å². The van der Waals surface area contributed by atoms with Crippen molar-refractivity contribution < 1.29 is 4.79 Å². The monoisotopic (exact) mass is 274 g/mol. The maximum Gasteiger partial charge on any atom is 0.240 e. The normalized spacial score (nSPS) is 11.5. The molecule has 1 aromatic rings. The van der Waals surface area contributed by atoms with Crippen molar-refractivity contribution in [2.45, 2.75) is 38.6 Å². The Kier molecular flexibility index (Phi) is 5.43. The van der Waals surface area contributed by atoms with Gasteiger partial charge in [0, 0.05) is 11.4 Å². The quantitative estimate of drug-likeness (QED) is 0.838. The molecule has 0 spiro atoms. The Morgan fingerprint density at radius 3 is 2.59 bits per heavy atom. The van der Waals surface area contributed by atoms with E-state index in [9.17, 15) is 4.79 Å². The second-order valence-electron chi connectivity index (χ2n) is 4.07. The standard InChI is InChI=1S/C12H19ClN2OS/c1-3-12(14,4-2)11(16)15-8-7-9-5-6-10(13)17-9/h5-6H,3-4,7-8,14H2,1-2H3,(H,15,16). The summed E-state index contributed by atoms with van der Waals surface area (Å²) in [7, 11) is 0. The van der Waals surface area contributed by atoms with Crippen molar-refractivity contribution in [1.29, 1.82) is 0 Å². The number of halogens is 1. The molecule has 0 saturated heterocycles. The molecule has 96 valence electrons. The van der Waals surface area contributed by atoms with Crippen LogP contribution in [0.25, 0.3) is 0 Å². The summed E-state index contributed by atoms with van der Waals surface area (Å²) in [6, 6.07) is 3.85. The first kappa shape index (κ1) is 14.5. The summed E-state index contributed by atoms with van der Waals surface area (Å²) >= 11 is 7.37. The Hall–Kier alpha value is -0.580. The van der Waals surface area contributed by atoms with Gasteiger partial charge in [-0.1, -0.05) is 25.4 Å². The molecule has 1 heterocycles. The van der Waals surface area contributed by atoms with Crippen molar-refractivity contribution in [1.82, 2.24) is 5.32 Å². The van der Waals surface area contributed by atoms with Crippen LogP contribution in [0.1, 0.15) is 31.6 Å². The summed E-state index contributed by atoms with van der Waals surface area (Å²) in [6.45, 7) is 4.47. The van der Waals surface area contributed by atoms with Crippen molar-refractivity contribution in [3.05, 3.63) is 21.3 Å². The summed E-state index contributed by atoms with van der Waals surface area (Å²) in [4.78, 5) is 13.0. The summed E-state index contributed by atoms with van der Waals surface area (Å²) in [6.07, 6.45) is 2.10. The second-order valence-corrected chi connectivity index (χ2v) is 5.87. The van der Waals surface area contributed by atoms with Crippen LogP contribution < -0.4 is 11.1 Å². The van der Waals surface area contributed by atoms with Gasteiger partial charge in [0.05, 0.1) is 9.88 Å². The van der Waals surface area contributed by atoms with Crippen LogP contribution in [-0.2, 0) is 11.2 Å². The first-order valence-corrected chi connectivity index (χ1v) is 7.02. The summed E-state index contributed by atoms with van der Waals surface area (Å²) in [5.41, 5.74) is 5.26. The van der Waals surface area contributed by atoms with Gasteiger partial charge in [-0.3, -0.25) is 4.79 Å². The zero-order valence-corrected chi connectivity index (χ0v) is 11.8. The zero-order chi connectivity index (χ0) is 12.9. The molecule has 0 saturated carbocycles. The number of amides is 1. The molecule has 1 rings (SSSR count). The van der Waals surface area contributed by atoms with Crippen LogP contribution >= 0.6 is 22.9 Å². The number of nitrogens with one attached hydrogen (secondary N) is 1. The lowest BCUT2D eigenvalue weighted by Crippen LogP contribution is -2.53. The number of hydrogen-bond acceptors (Lipinski definition) is 3. The molecule has 0 aliphatic rings. The largest absolute Gasteiger partial charge is 0.354 e. The molecule has 0 aromatic carbocycles. The molecule has 0 unspecified atom stereocenters. The Morgan fingerprint density at radius 2 is 2.12 bits per heavy atom. The minimum absolute atomic E-state index is 0.0647. The van der Waals surface area contributed by atoms with E-state index in [2.05, 4.69) is 5.32 Å². The zero-order valence-electron chi connectivity index (χ0n) is 10.3. The van der Waals surface area contributed by atoms with Crippen LogP contribution in [0.15, 0.2) is 12.1 Å². The first-order valence-electron chi connectivity index (χ1n) is 5.83. The van der Waals surface area contributed by atoms with Gasteiger partial charge in [-0.15, -0.1) is 11.3 Å². The number of nitrogens with two attached hydrogens (primary N) is 1. The lowest BCUT2D eigenvalue weighted by atomic mass is 9.93. The fourth-order valence-electron chi connectivity index (χ4n) is 1.53. The number of thiophene rings is 1. The maximum absolute atomic E-state index is 11.9. The lowest BCUT2D eigenvalue weighted by molar-refractivity contribution is -0.126. The molecule has 0 bridgehead atoms. The third kappa shape index (κ3) is 3.98. The van der Waals surface area contributed by atoms with Crippen LogP contribution in [0.3, 0.4) is 0 Å². The Balaban J connectivity index is 2.38. The highest BCUT2D eigenvalue weighted by molar-refractivity contribution is 7.16. The van der Waals surface area contributed by atoms with E-state index in [-0.39, 0.29) is 5.91 Å². The number of carbonyl (C=O) groups excluding carboxylic acids is 1. The molecule has 3 nitrogen and oxygen atoms in total. The number of carbonyl (C=O) groups is 1. The Bertz CT molecular complexity index is 374. The predicted molar refractivity (Wildman–Crippen MR) is 73.5 cm³/mol. The molecule has 5 heteroatoms. The van der Waals surface area contributed by atoms with Crippen LogP contribution in [0, 0.1) is 0 Å². The molecule has 1 amide bonds. The van der Waals surface area contributed by atoms with E-state index in [1.165, 1.54) is 4.88 Å². The van der Waals surface area contributed by atoms with Crippen molar-refractivity contribution in [3.8, 4) is 0 Å². The van der Waals surface area contributed by atoms with E-state index in [0.717, 1.165) is 10.8 Å². The third-order valence-electron chi connectivity index (χ3n) is 3.00. The van der Waals surface area contributed by atoms with Gasteiger partial charge in [0.1, 0.15) is 0 Å². The molecule has 0 radical (unpaired) electrons. The van der Waals surface area contributed by atoms with Gasteiger partial charge in [-0.25, -0.2) is 0 Å². The average molecular weight is 275 g/mol. The van der Waals surface area contributed by atoms with Crippen LogP contribution in [0.2, 0.25) is 4.34 Å². The predicted octanol–water partition coefficient (Wildman–Crippen LogP) is 2.58. The highest BCUT2D eigenvalue weighted by Crippen LogP contribution is 2.21. The van der Waals surface area contributed by atoms with Crippen molar-refractivity contribution >= 4 is 28.8 Å². The molecule has 17 heavy (non-hydrogen) atoms. The second kappa shape index (κ2) is 6.38. The SMILES string of the molecule is CCC(N)(CC)C(=O)NCCc1ccc(Cl)s1. The fraction of sp³-hybridized carbons (Fsp3) is 0.583. The molecule has 0 aliphatic heterocycles. The smallest absolute Gasteiger partial charge is 0.240 e. The van der Waals surface area contributed by atoms with E-state index in [1.54, 1.807) is 11.3 Å². The highest BCUT2D eigenvalue weighted by Gasteiger charge is 2.29. The summed E-state index contributed by atoms with van der Waals surface area (Å²) in [5.74, 6) is -0.0647.